The van der Waals surface area contributed by atoms with E-state index in [1.54, 1.807) is 0 Å². The van der Waals surface area contributed by atoms with Crippen molar-refractivity contribution < 1.29 is 8.78 Å². The smallest absolute Gasteiger partial charge is 0.255 e. The highest BCUT2D eigenvalue weighted by Crippen LogP contribution is 2.17. The molecule has 0 aliphatic heterocycles. The summed E-state index contributed by atoms with van der Waals surface area (Å²) < 4.78 is 27.6. The lowest BCUT2D eigenvalue weighted by molar-refractivity contribution is 0.163. The van der Waals surface area contributed by atoms with Crippen molar-refractivity contribution in [2.75, 3.05) is 11.9 Å². The average Bonchev–Trinajstić information content (AvgIpc) is 2.48. The molecule has 1 N–H and O–H groups in total. The summed E-state index contributed by atoms with van der Waals surface area (Å²) in [6.07, 6.45) is -2.36. The maximum atomic E-state index is 11.8. The van der Waals surface area contributed by atoms with E-state index in [-0.39, 0.29) is 12.5 Å². The third-order valence-corrected chi connectivity index (χ3v) is 2.05. The molecule has 0 atom stereocenters. The molecule has 3 nitrogen and oxygen atoms in total. The highest BCUT2D eigenvalue weighted by atomic mass is 32.1. The fourth-order valence-electron chi connectivity index (χ4n) is 0.706. The normalized spacial score (nSPS) is 11.2. The van der Waals surface area contributed by atoms with Gasteiger partial charge >= 0.3 is 0 Å². The Balaban J connectivity index is 2.49. The van der Waals surface area contributed by atoms with E-state index in [4.69, 9.17) is 0 Å². The van der Waals surface area contributed by atoms with Gasteiger partial charge in [0.1, 0.15) is 5.82 Å². The van der Waals surface area contributed by atoms with Crippen LogP contribution in [0.4, 0.5) is 13.9 Å². The molecule has 0 amide bonds. The summed E-state index contributed by atoms with van der Waals surface area (Å²) in [6.45, 7) is 3.55. The zero-order valence-electron chi connectivity index (χ0n) is 7.42. The molecule has 1 aromatic rings. The first-order chi connectivity index (χ1) is 6.09. The van der Waals surface area contributed by atoms with E-state index in [0.717, 1.165) is 11.5 Å². The molecule has 1 aromatic heterocycles. The third-order valence-electron chi connectivity index (χ3n) is 1.37. The summed E-state index contributed by atoms with van der Waals surface area (Å²) in [5, 5.41) is 2.98. The summed E-state index contributed by atoms with van der Waals surface area (Å²) in [5.74, 6) is 0.931. The van der Waals surface area contributed by atoms with E-state index in [1.807, 2.05) is 13.8 Å². The van der Waals surface area contributed by atoms with Crippen molar-refractivity contribution in [1.82, 2.24) is 9.36 Å². The Labute approximate surface area is 79.4 Å². The van der Waals surface area contributed by atoms with Gasteiger partial charge in [0.05, 0.1) is 6.54 Å². The van der Waals surface area contributed by atoms with Gasteiger partial charge in [-0.2, -0.15) is 4.37 Å². The first kappa shape index (κ1) is 10.3. The highest BCUT2D eigenvalue weighted by molar-refractivity contribution is 7.09. The minimum absolute atomic E-state index is 0.235. The Bertz CT molecular complexity index is 262. The zero-order valence-corrected chi connectivity index (χ0v) is 8.24. The Kier molecular flexibility index (Phi) is 3.53. The summed E-state index contributed by atoms with van der Waals surface area (Å²) in [4.78, 5) is 4.04. The summed E-state index contributed by atoms with van der Waals surface area (Å²) in [6, 6.07) is 0. The van der Waals surface area contributed by atoms with Gasteiger partial charge in [0.15, 0.2) is 0 Å². The number of hydrogen-bond donors (Lipinski definition) is 1. The Morgan fingerprint density at radius 3 is 2.62 bits per heavy atom. The summed E-state index contributed by atoms with van der Waals surface area (Å²) in [7, 11) is 0. The molecule has 0 aromatic carbocycles. The number of aromatic nitrogens is 2. The number of alkyl halides is 2. The van der Waals surface area contributed by atoms with Crippen molar-refractivity contribution in [2.24, 2.45) is 0 Å². The number of halogens is 2. The fourth-order valence-corrected chi connectivity index (χ4v) is 1.42. The van der Waals surface area contributed by atoms with Crippen molar-refractivity contribution >= 4 is 16.7 Å². The first-order valence-corrected chi connectivity index (χ1v) is 4.72. The largest absolute Gasteiger partial charge is 0.355 e. The van der Waals surface area contributed by atoms with Crippen LogP contribution in [-0.2, 0) is 0 Å². The minimum atomic E-state index is -2.36. The molecule has 0 saturated carbocycles. The predicted molar refractivity (Wildman–Crippen MR) is 48.5 cm³/mol. The molecule has 1 heterocycles. The monoisotopic (exact) mass is 207 g/mol. The summed E-state index contributed by atoms with van der Waals surface area (Å²) >= 11 is 1.11. The van der Waals surface area contributed by atoms with Gasteiger partial charge < -0.3 is 5.32 Å². The van der Waals surface area contributed by atoms with Gasteiger partial charge in [-0.05, 0) is 0 Å². The van der Waals surface area contributed by atoms with Gasteiger partial charge in [0, 0.05) is 17.5 Å². The van der Waals surface area contributed by atoms with Gasteiger partial charge in [0.25, 0.3) is 6.43 Å². The van der Waals surface area contributed by atoms with Crippen molar-refractivity contribution in [3.05, 3.63) is 5.82 Å². The van der Waals surface area contributed by atoms with Gasteiger partial charge in [-0.25, -0.2) is 13.8 Å². The number of nitrogens with one attached hydrogen (secondary N) is 1. The predicted octanol–water partition coefficient (Wildman–Crippen LogP) is 2.34. The molecule has 74 valence electrons. The topological polar surface area (TPSA) is 37.8 Å². The number of hydrogen-bond acceptors (Lipinski definition) is 4. The van der Waals surface area contributed by atoms with Crippen LogP contribution >= 0.6 is 11.5 Å². The number of anilines is 1. The van der Waals surface area contributed by atoms with E-state index in [2.05, 4.69) is 14.7 Å². The number of rotatable bonds is 4. The molecular formula is C7H11F2N3S. The van der Waals surface area contributed by atoms with Crippen molar-refractivity contribution in [3.63, 3.8) is 0 Å². The average molecular weight is 207 g/mol. The molecule has 0 radical (unpaired) electrons. The van der Waals surface area contributed by atoms with E-state index in [9.17, 15) is 8.78 Å². The van der Waals surface area contributed by atoms with Gasteiger partial charge in [-0.1, -0.05) is 13.8 Å². The van der Waals surface area contributed by atoms with Crippen LogP contribution in [0, 0.1) is 0 Å². The molecule has 0 fully saturated rings. The van der Waals surface area contributed by atoms with Crippen LogP contribution < -0.4 is 5.32 Å². The fraction of sp³-hybridized carbons (Fsp3) is 0.714. The van der Waals surface area contributed by atoms with Crippen LogP contribution in [0.5, 0.6) is 0 Å². The van der Waals surface area contributed by atoms with Crippen LogP contribution in [-0.4, -0.2) is 22.3 Å². The molecule has 1 rings (SSSR count). The number of nitrogens with zero attached hydrogens (tertiary/aromatic N) is 2. The maximum Gasteiger partial charge on any atom is 0.255 e. The van der Waals surface area contributed by atoms with Crippen LogP contribution in [0.25, 0.3) is 0 Å². The Morgan fingerprint density at radius 1 is 1.46 bits per heavy atom. The molecule has 0 aliphatic carbocycles. The van der Waals surface area contributed by atoms with E-state index < -0.39 is 6.43 Å². The maximum absolute atomic E-state index is 11.8. The van der Waals surface area contributed by atoms with Crippen LogP contribution in [0.1, 0.15) is 25.6 Å². The summed E-state index contributed by atoms with van der Waals surface area (Å²) in [5.41, 5.74) is 0. The lowest BCUT2D eigenvalue weighted by Crippen LogP contribution is -2.09. The standard InChI is InChI=1S/C7H11F2N3S/c1-4(2)6-11-7(13-12-6)10-3-5(8)9/h4-5H,3H2,1-2H3,(H,10,11,12). The zero-order chi connectivity index (χ0) is 9.84. The second kappa shape index (κ2) is 4.45. The highest BCUT2D eigenvalue weighted by Gasteiger charge is 2.08. The molecule has 0 unspecified atom stereocenters. The van der Waals surface area contributed by atoms with E-state index >= 15 is 0 Å². The van der Waals surface area contributed by atoms with Crippen molar-refractivity contribution in [2.45, 2.75) is 26.2 Å². The molecule has 13 heavy (non-hydrogen) atoms. The molecule has 0 aliphatic rings. The van der Waals surface area contributed by atoms with Crippen LogP contribution in [0.15, 0.2) is 0 Å². The van der Waals surface area contributed by atoms with Gasteiger partial charge in [0.2, 0.25) is 5.13 Å². The molecule has 0 saturated heterocycles. The quantitative estimate of drug-likeness (QED) is 0.823. The molecule has 6 heteroatoms. The van der Waals surface area contributed by atoms with E-state index in [1.165, 1.54) is 0 Å². The van der Waals surface area contributed by atoms with Crippen LogP contribution in [0.3, 0.4) is 0 Å². The molecule has 0 bridgehead atoms. The Morgan fingerprint density at radius 2 is 2.15 bits per heavy atom. The van der Waals surface area contributed by atoms with Crippen LogP contribution in [0.2, 0.25) is 0 Å². The molecular weight excluding hydrogens is 196 g/mol. The van der Waals surface area contributed by atoms with Gasteiger partial charge in [-0.15, -0.1) is 0 Å². The minimum Gasteiger partial charge on any atom is -0.355 e. The lowest BCUT2D eigenvalue weighted by atomic mass is 10.2. The first-order valence-electron chi connectivity index (χ1n) is 3.95. The third kappa shape index (κ3) is 3.22. The molecule has 0 spiro atoms. The second-order valence-electron chi connectivity index (χ2n) is 2.88. The van der Waals surface area contributed by atoms with Crippen molar-refractivity contribution in [3.8, 4) is 0 Å². The van der Waals surface area contributed by atoms with Crippen molar-refractivity contribution in [1.29, 1.82) is 0 Å². The Hall–Kier alpha value is -0.780. The SMILES string of the molecule is CC(C)c1nsc(NCC(F)F)n1. The second-order valence-corrected chi connectivity index (χ2v) is 3.64. The van der Waals surface area contributed by atoms with Gasteiger partial charge in [-0.3, -0.25) is 0 Å². The van der Waals surface area contributed by atoms with E-state index in [0.29, 0.717) is 11.0 Å². The lowest BCUT2D eigenvalue weighted by Gasteiger charge is -1.99.